The molecule has 112 valence electrons. The molecule has 1 unspecified atom stereocenters. The van der Waals surface area contributed by atoms with Crippen LogP contribution >= 0.6 is 11.3 Å². The third-order valence-electron chi connectivity index (χ3n) is 3.73. The Hall–Kier alpha value is -0.750. The summed E-state index contributed by atoms with van der Waals surface area (Å²) in [5.74, 6) is 1.22. The highest BCUT2D eigenvalue weighted by molar-refractivity contribution is 7.87. The normalized spacial score (nSPS) is 17.9. The van der Waals surface area contributed by atoms with Crippen molar-refractivity contribution in [1.29, 1.82) is 0 Å². The Bertz CT molecular complexity index is 467. The van der Waals surface area contributed by atoms with E-state index in [1.165, 1.54) is 49.6 Å². The first kappa shape index (κ1) is 15.6. The number of aromatic nitrogens is 1. The first-order valence-corrected chi connectivity index (χ1v) is 9.46. The molecule has 0 radical (unpaired) electrons. The lowest BCUT2D eigenvalue weighted by atomic mass is 9.87. The Labute approximate surface area is 126 Å². The molecule has 1 saturated carbocycles. The zero-order valence-corrected chi connectivity index (χ0v) is 13.5. The van der Waals surface area contributed by atoms with Gasteiger partial charge in [0.05, 0.1) is 17.0 Å². The van der Waals surface area contributed by atoms with Gasteiger partial charge in [-0.25, -0.2) is 4.98 Å². The zero-order chi connectivity index (χ0) is 14.4. The first-order chi connectivity index (χ1) is 9.70. The van der Waals surface area contributed by atoms with E-state index in [2.05, 4.69) is 10.3 Å². The van der Waals surface area contributed by atoms with E-state index < -0.39 is 10.8 Å². The molecule has 20 heavy (non-hydrogen) atoms. The highest BCUT2D eigenvalue weighted by Gasteiger charge is 2.15. The summed E-state index contributed by atoms with van der Waals surface area (Å²) in [6.45, 7) is 2.58. The van der Waals surface area contributed by atoms with Crippen molar-refractivity contribution in [3.63, 3.8) is 0 Å². The van der Waals surface area contributed by atoms with Crippen LogP contribution in [0, 0.1) is 5.92 Å². The van der Waals surface area contributed by atoms with Crippen LogP contribution in [0.3, 0.4) is 0 Å². The molecule has 1 aliphatic rings. The highest BCUT2D eigenvalue weighted by Crippen LogP contribution is 2.25. The molecular weight excluding hydrogens is 292 g/mol. The lowest BCUT2D eigenvalue weighted by Crippen LogP contribution is -2.25. The number of carbonyl (C=O) groups excluding carboxylic acids is 1. The number of rotatable bonds is 6. The van der Waals surface area contributed by atoms with Crippen molar-refractivity contribution in [2.75, 3.05) is 12.3 Å². The van der Waals surface area contributed by atoms with Gasteiger partial charge in [-0.2, -0.15) is 0 Å². The molecule has 4 nitrogen and oxygen atoms in total. The van der Waals surface area contributed by atoms with E-state index in [4.69, 9.17) is 0 Å². The van der Waals surface area contributed by atoms with E-state index in [0.717, 1.165) is 18.9 Å². The first-order valence-electron chi connectivity index (χ1n) is 7.33. The van der Waals surface area contributed by atoms with Gasteiger partial charge in [-0.15, -0.1) is 11.3 Å². The number of nitrogens with one attached hydrogen (secondary N) is 1. The lowest BCUT2D eigenvalue weighted by molar-refractivity contribution is 0.0954. The summed E-state index contributed by atoms with van der Waals surface area (Å²) < 4.78 is 12.1. The van der Waals surface area contributed by atoms with Crippen LogP contribution in [-0.4, -0.2) is 27.4 Å². The molecule has 2 rings (SSSR count). The number of hydrogen-bond donors (Lipinski definition) is 1. The minimum Gasteiger partial charge on any atom is -0.351 e. The maximum Gasteiger partial charge on any atom is 0.263 e. The zero-order valence-electron chi connectivity index (χ0n) is 11.9. The standard InChI is InChI=1S/C14H22N2O2S2/c1-2-20(18)14-16-10-12(19-14)13(17)15-9-8-11-6-4-3-5-7-11/h10-11H,2-9H2,1H3,(H,15,17). The van der Waals surface area contributed by atoms with Crippen LogP contribution in [-0.2, 0) is 10.8 Å². The molecule has 1 amide bonds. The van der Waals surface area contributed by atoms with Crippen LogP contribution in [0.1, 0.15) is 55.1 Å². The van der Waals surface area contributed by atoms with Crippen LogP contribution in [0.4, 0.5) is 0 Å². The summed E-state index contributed by atoms with van der Waals surface area (Å²) in [5.41, 5.74) is 0. The van der Waals surface area contributed by atoms with Crippen molar-refractivity contribution in [2.24, 2.45) is 5.92 Å². The van der Waals surface area contributed by atoms with Crippen LogP contribution in [0.5, 0.6) is 0 Å². The fourth-order valence-electron chi connectivity index (χ4n) is 2.54. The van der Waals surface area contributed by atoms with Crippen molar-refractivity contribution in [2.45, 2.75) is 49.8 Å². The fraction of sp³-hybridized carbons (Fsp3) is 0.714. The second-order valence-corrected chi connectivity index (χ2v) is 8.12. The average Bonchev–Trinajstić information content (AvgIpc) is 2.97. The number of nitrogens with zero attached hydrogens (tertiary/aromatic N) is 1. The van der Waals surface area contributed by atoms with Gasteiger partial charge in [-0.3, -0.25) is 9.00 Å². The molecule has 1 aromatic rings. The summed E-state index contributed by atoms with van der Waals surface area (Å²) in [7, 11) is -1.07. The number of hydrogen-bond acceptors (Lipinski definition) is 4. The van der Waals surface area contributed by atoms with Crippen LogP contribution in [0.25, 0.3) is 0 Å². The quantitative estimate of drug-likeness (QED) is 0.878. The summed E-state index contributed by atoms with van der Waals surface area (Å²) >= 11 is 1.24. The topological polar surface area (TPSA) is 59.1 Å². The Morgan fingerprint density at radius 1 is 1.45 bits per heavy atom. The lowest BCUT2D eigenvalue weighted by Gasteiger charge is -2.21. The second-order valence-electron chi connectivity index (χ2n) is 5.17. The molecule has 1 heterocycles. The third-order valence-corrected chi connectivity index (χ3v) is 6.35. The predicted octanol–water partition coefficient (Wildman–Crippen LogP) is 2.97. The van der Waals surface area contributed by atoms with Gasteiger partial charge in [0.2, 0.25) is 0 Å². The minimum atomic E-state index is -1.07. The maximum absolute atomic E-state index is 12.0. The van der Waals surface area contributed by atoms with E-state index >= 15 is 0 Å². The fourth-order valence-corrected chi connectivity index (χ4v) is 4.52. The molecule has 0 bridgehead atoms. The van der Waals surface area contributed by atoms with Gasteiger partial charge >= 0.3 is 0 Å². The summed E-state index contributed by atoms with van der Waals surface area (Å²) in [6, 6.07) is 0. The van der Waals surface area contributed by atoms with E-state index in [0.29, 0.717) is 15.0 Å². The molecule has 0 saturated heterocycles. The van der Waals surface area contributed by atoms with E-state index in [9.17, 15) is 9.00 Å². The number of amides is 1. The second kappa shape index (κ2) is 7.88. The van der Waals surface area contributed by atoms with Gasteiger partial charge in [0.25, 0.3) is 5.91 Å². The van der Waals surface area contributed by atoms with E-state index in [1.54, 1.807) is 0 Å². The van der Waals surface area contributed by atoms with Gasteiger partial charge in [-0.1, -0.05) is 39.0 Å². The number of thiazole rings is 1. The van der Waals surface area contributed by atoms with Crippen molar-refractivity contribution < 1.29 is 9.00 Å². The SMILES string of the molecule is CCS(=O)c1ncc(C(=O)NCCC2CCCCC2)s1. The maximum atomic E-state index is 12.0. The molecule has 0 spiro atoms. The molecule has 6 heteroatoms. The molecule has 1 atom stereocenters. The molecule has 0 aliphatic heterocycles. The van der Waals surface area contributed by atoms with Gasteiger partial charge in [0.15, 0.2) is 4.34 Å². The molecule has 1 aromatic heterocycles. The van der Waals surface area contributed by atoms with Gasteiger partial charge in [-0.05, 0) is 12.3 Å². The summed E-state index contributed by atoms with van der Waals surface area (Å²) in [4.78, 5) is 16.6. The Morgan fingerprint density at radius 2 is 2.20 bits per heavy atom. The minimum absolute atomic E-state index is 0.0855. The van der Waals surface area contributed by atoms with E-state index in [1.807, 2.05) is 6.92 Å². The Balaban J connectivity index is 1.76. The van der Waals surface area contributed by atoms with Gasteiger partial charge < -0.3 is 5.32 Å². The molecule has 1 fully saturated rings. The van der Waals surface area contributed by atoms with Crippen molar-refractivity contribution in [3.05, 3.63) is 11.1 Å². The largest absolute Gasteiger partial charge is 0.351 e. The smallest absolute Gasteiger partial charge is 0.263 e. The van der Waals surface area contributed by atoms with Crippen LogP contribution in [0.2, 0.25) is 0 Å². The Kier molecular flexibility index (Phi) is 6.16. The highest BCUT2D eigenvalue weighted by atomic mass is 32.2. The average molecular weight is 314 g/mol. The molecule has 0 aromatic carbocycles. The van der Waals surface area contributed by atoms with Crippen LogP contribution in [0.15, 0.2) is 10.5 Å². The van der Waals surface area contributed by atoms with E-state index in [-0.39, 0.29) is 5.91 Å². The van der Waals surface area contributed by atoms with Crippen molar-refractivity contribution >= 4 is 28.0 Å². The summed E-state index contributed by atoms with van der Waals surface area (Å²) in [5, 5.41) is 2.95. The third kappa shape index (κ3) is 4.38. The molecular formula is C14H22N2O2S2. The predicted molar refractivity (Wildman–Crippen MR) is 82.6 cm³/mol. The molecule has 1 N–H and O–H groups in total. The molecule has 1 aliphatic carbocycles. The number of carbonyl (C=O) groups is 1. The summed E-state index contributed by atoms with van der Waals surface area (Å²) in [6.07, 6.45) is 9.23. The monoisotopic (exact) mass is 314 g/mol. The van der Waals surface area contributed by atoms with Gasteiger partial charge in [0, 0.05) is 12.3 Å². The van der Waals surface area contributed by atoms with Crippen LogP contribution < -0.4 is 5.32 Å². The van der Waals surface area contributed by atoms with Crippen molar-refractivity contribution in [3.8, 4) is 0 Å². The Morgan fingerprint density at radius 3 is 2.90 bits per heavy atom. The van der Waals surface area contributed by atoms with Gasteiger partial charge in [0.1, 0.15) is 4.88 Å². The van der Waals surface area contributed by atoms with Crippen molar-refractivity contribution in [1.82, 2.24) is 10.3 Å².